The molecule has 4 saturated carbocycles. The molecule has 9 atom stereocenters. The van der Waals surface area contributed by atoms with Crippen molar-refractivity contribution in [3.63, 3.8) is 0 Å². The summed E-state index contributed by atoms with van der Waals surface area (Å²) in [6, 6.07) is 5.86. The number of nitrogen functional groups attached to an aromatic ring is 2. The zero-order chi connectivity index (χ0) is 28.2. The van der Waals surface area contributed by atoms with E-state index in [0.717, 1.165) is 58.4 Å². The Labute approximate surface area is 240 Å². The van der Waals surface area contributed by atoms with Gasteiger partial charge in [-0.3, -0.25) is 0 Å². The van der Waals surface area contributed by atoms with Crippen LogP contribution in [0, 0.1) is 57.7 Å². The van der Waals surface area contributed by atoms with E-state index in [1.807, 2.05) is 18.2 Å². The Morgan fingerprint density at radius 1 is 0.795 bits per heavy atom. The first-order valence-corrected chi connectivity index (χ1v) is 16.6. The largest absolute Gasteiger partial charge is 0.399 e. The minimum atomic E-state index is 0.188. The van der Waals surface area contributed by atoms with Gasteiger partial charge in [0.25, 0.3) is 0 Å². The van der Waals surface area contributed by atoms with Crippen LogP contribution in [0.2, 0.25) is 0 Å². The number of anilines is 2. The molecule has 1 aromatic rings. The molecule has 220 valence electrons. The molecule has 4 N–H and O–H groups in total. The highest BCUT2D eigenvalue weighted by molar-refractivity contribution is 5.54. The summed E-state index contributed by atoms with van der Waals surface area (Å²) in [5.74, 6) is 6.23. The molecule has 4 aliphatic carbocycles. The van der Waals surface area contributed by atoms with Crippen LogP contribution >= 0.6 is 0 Å². The van der Waals surface area contributed by atoms with Gasteiger partial charge in [0.1, 0.15) is 0 Å². The molecule has 0 aliphatic heterocycles. The second-order valence-electron chi connectivity index (χ2n) is 16.2. The minimum absolute atomic E-state index is 0.188. The monoisotopic (exact) mass is 536 g/mol. The summed E-state index contributed by atoms with van der Waals surface area (Å²) in [6.07, 6.45) is 15.8. The second-order valence-corrected chi connectivity index (χ2v) is 16.2. The molecule has 3 heteroatoms. The van der Waals surface area contributed by atoms with Crippen LogP contribution < -0.4 is 11.5 Å². The number of ether oxygens (including phenoxy) is 1. The van der Waals surface area contributed by atoms with E-state index in [4.69, 9.17) is 16.2 Å². The topological polar surface area (TPSA) is 61.3 Å². The van der Waals surface area contributed by atoms with Crippen LogP contribution in [0.3, 0.4) is 0 Å². The second kappa shape index (κ2) is 10.9. The number of hydrogen-bond donors (Lipinski definition) is 2. The third-order valence-electron chi connectivity index (χ3n) is 13.2. The van der Waals surface area contributed by atoms with Crippen molar-refractivity contribution in [2.75, 3.05) is 11.5 Å². The minimum Gasteiger partial charge on any atom is -0.399 e. The van der Waals surface area contributed by atoms with Crippen LogP contribution in [0.25, 0.3) is 0 Å². The molecule has 0 amide bonds. The standard InChI is InChI=1S/C36H60N2O/c1-23(2)9-8-10-24(3)29-12-13-30-28-11-14-32-34(4,5)33(39-22-25-19-26(37)21-27(38)20-25)16-18-36(32,7)31(28)15-17-35(29,30)6/h19-21,23-24,28-33H,8-18,22,37-38H2,1-7H3/t24-,28+,29-,30+,31+,32?,33?,35-,36-/m1/s1. The first-order chi connectivity index (χ1) is 18.4. The first kappa shape index (κ1) is 29.3. The van der Waals surface area contributed by atoms with Gasteiger partial charge in [-0.2, -0.15) is 0 Å². The van der Waals surface area contributed by atoms with Crippen LogP contribution in [-0.4, -0.2) is 6.10 Å². The Kier molecular flexibility index (Phi) is 8.17. The smallest absolute Gasteiger partial charge is 0.0722 e. The van der Waals surface area contributed by atoms with Gasteiger partial charge in [0.05, 0.1) is 12.7 Å². The molecule has 4 aliphatic rings. The quantitative estimate of drug-likeness (QED) is 0.325. The maximum atomic E-state index is 6.69. The van der Waals surface area contributed by atoms with Crippen molar-refractivity contribution in [1.29, 1.82) is 0 Å². The van der Waals surface area contributed by atoms with Gasteiger partial charge in [0.15, 0.2) is 0 Å². The van der Waals surface area contributed by atoms with Crippen LogP contribution in [-0.2, 0) is 11.3 Å². The highest BCUT2D eigenvalue weighted by Gasteiger charge is 2.63. The predicted octanol–water partition coefficient (Wildman–Crippen LogP) is 9.49. The van der Waals surface area contributed by atoms with Crippen LogP contribution in [0.1, 0.15) is 125 Å². The van der Waals surface area contributed by atoms with Gasteiger partial charge in [0, 0.05) is 11.4 Å². The predicted molar refractivity (Wildman–Crippen MR) is 166 cm³/mol. The lowest BCUT2D eigenvalue weighted by Crippen LogP contribution is -2.59. The summed E-state index contributed by atoms with van der Waals surface area (Å²) in [7, 11) is 0. The fraction of sp³-hybridized carbons (Fsp3) is 0.833. The Bertz CT molecular complexity index is 982. The van der Waals surface area contributed by atoms with Crippen LogP contribution in [0.5, 0.6) is 0 Å². The van der Waals surface area contributed by atoms with E-state index in [2.05, 4.69) is 48.5 Å². The molecular formula is C36H60N2O. The van der Waals surface area contributed by atoms with E-state index < -0.39 is 0 Å². The van der Waals surface area contributed by atoms with E-state index in [0.29, 0.717) is 23.5 Å². The molecule has 0 saturated heterocycles. The molecular weight excluding hydrogens is 476 g/mol. The molecule has 39 heavy (non-hydrogen) atoms. The van der Waals surface area contributed by atoms with Crippen molar-refractivity contribution in [2.24, 2.45) is 57.7 Å². The van der Waals surface area contributed by atoms with E-state index in [-0.39, 0.29) is 5.41 Å². The summed E-state index contributed by atoms with van der Waals surface area (Å²) < 4.78 is 6.69. The fourth-order valence-corrected chi connectivity index (χ4v) is 11.4. The Morgan fingerprint density at radius 3 is 2.15 bits per heavy atom. The van der Waals surface area contributed by atoms with E-state index in [9.17, 15) is 0 Å². The van der Waals surface area contributed by atoms with E-state index in [1.54, 1.807) is 0 Å². The molecule has 0 radical (unpaired) electrons. The molecule has 4 fully saturated rings. The summed E-state index contributed by atoms with van der Waals surface area (Å²) in [5, 5.41) is 0. The van der Waals surface area contributed by atoms with Crippen molar-refractivity contribution in [2.45, 2.75) is 132 Å². The van der Waals surface area contributed by atoms with Gasteiger partial charge in [-0.15, -0.1) is 0 Å². The van der Waals surface area contributed by atoms with Gasteiger partial charge in [0.2, 0.25) is 0 Å². The van der Waals surface area contributed by atoms with Gasteiger partial charge < -0.3 is 16.2 Å². The van der Waals surface area contributed by atoms with Gasteiger partial charge in [-0.1, -0.05) is 67.7 Å². The third kappa shape index (κ3) is 5.28. The van der Waals surface area contributed by atoms with Crippen molar-refractivity contribution < 1.29 is 4.74 Å². The number of rotatable bonds is 8. The Morgan fingerprint density at radius 2 is 1.46 bits per heavy atom. The lowest BCUT2D eigenvalue weighted by molar-refractivity contribution is -0.193. The average Bonchev–Trinajstić information content (AvgIpc) is 3.20. The van der Waals surface area contributed by atoms with Crippen molar-refractivity contribution in [1.82, 2.24) is 0 Å². The van der Waals surface area contributed by atoms with Crippen molar-refractivity contribution in [3.05, 3.63) is 23.8 Å². The fourth-order valence-electron chi connectivity index (χ4n) is 11.4. The zero-order valence-electron chi connectivity index (χ0n) is 26.4. The van der Waals surface area contributed by atoms with Crippen LogP contribution in [0.15, 0.2) is 18.2 Å². The molecule has 0 bridgehead atoms. The molecule has 0 aromatic heterocycles. The van der Waals surface area contributed by atoms with Gasteiger partial charge >= 0.3 is 0 Å². The first-order valence-electron chi connectivity index (χ1n) is 16.6. The Hall–Kier alpha value is -1.22. The number of nitrogens with two attached hydrogens (primary N) is 2. The van der Waals surface area contributed by atoms with Gasteiger partial charge in [-0.05, 0) is 133 Å². The molecule has 2 unspecified atom stereocenters. The number of hydrogen-bond acceptors (Lipinski definition) is 3. The maximum absolute atomic E-state index is 6.69. The molecule has 3 nitrogen and oxygen atoms in total. The SMILES string of the molecule is CC(C)CCC[C@@H](C)[C@H]1CC[C@H]2[C@@H]3CCC4C(C)(C)C(OCc5cc(N)cc(N)c5)CC[C@]4(C)[C@H]3CC[C@]12C. The molecule has 1 aromatic carbocycles. The highest BCUT2D eigenvalue weighted by Crippen LogP contribution is 2.70. The van der Waals surface area contributed by atoms with Crippen molar-refractivity contribution >= 4 is 11.4 Å². The Balaban J connectivity index is 1.27. The van der Waals surface area contributed by atoms with E-state index in [1.165, 1.54) is 70.6 Å². The maximum Gasteiger partial charge on any atom is 0.0722 e. The number of fused-ring (bicyclic) bond motifs is 5. The lowest BCUT2D eigenvalue weighted by Gasteiger charge is -2.65. The summed E-state index contributed by atoms with van der Waals surface area (Å²) in [4.78, 5) is 0. The summed E-state index contributed by atoms with van der Waals surface area (Å²) >= 11 is 0. The summed E-state index contributed by atoms with van der Waals surface area (Å²) in [5.41, 5.74) is 15.9. The average molecular weight is 537 g/mol. The van der Waals surface area contributed by atoms with Crippen molar-refractivity contribution in [3.8, 4) is 0 Å². The molecule has 5 rings (SSSR count). The normalized spacial score (nSPS) is 40.1. The zero-order valence-corrected chi connectivity index (χ0v) is 26.4. The van der Waals surface area contributed by atoms with Crippen LogP contribution in [0.4, 0.5) is 11.4 Å². The summed E-state index contributed by atoms with van der Waals surface area (Å²) in [6.45, 7) is 18.4. The number of benzene rings is 1. The third-order valence-corrected chi connectivity index (χ3v) is 13.2. The van der Waals surface area contributed by atoms with Gasteiger partial charge in [-0.25, -0.2) is 0 Å². The molecule has 0 heterocycles. The highest BCUT2D eigenvalue weighted by atomic mass is 16.5. The molecule has 0 spiro atoms. The van der Waals surface area contributed by atoms with E-state index >= 15 is 0 Å². The lowest BCUT2D eigenvalue weighted by atomic mass is 9.41.